The molecule has 0 saturated carbocycles. The smallest absolute Gasteiger partial charge is 0.331 e. The van der Waals surface area contributed by atoms with Crippen LogP contribution in [0.25, 0.3) is 43.6 Å². The van der Waals surface area contributed by atoms with Crippen molar-refractivity contribution in [3.63, 3.8) is 0 Å². The van der Waals surface area contributed by atoms with Crippen molar-refractivity contribution in [3.8, 4) is 5.75 Å². The summed E-state index contributed by atoms with van der Waals surface area (Å²) in [6.45, 7) is 20.5. The van der Waals surface area contributed by atoms with Crippen molar-refractivity contribution in [2.75, 3.05) is 13.2 Å². The Morgan fingerprint density at radius 2 is 1.01 bits per heavy atom. The molecule has 1 aliphatic rings. The van der Waals surface area contributed by atoms with Gasteiger partial charge in [0.1, 0.15) is 18.5 Å². The van der Waals surface area contributed by atoms with Crippen LogP contribution in [0.4, 0.5) is 0 Å². The van der Waals surface area contributed by atoms with Gasteiger partial charge in [-0.05, 0) is 157 Å². The van der Waals surface area contributed by atoms with Crippen molar-refractivity contribution in [2.24, 2.45) is 10.3 Å². The minimum Gasteiger partial charge on any atom is -0.491 e. The Morgan fingerprint density at radius 3 is 1.42 bits per heavy atom. The van der Waals surface area contributed by atoms with E-state index in [9.17, 15) is 19.2 Å². The van der Waals surface area contributed by atoms with Crippen LogP contribution in [0.2, 0.25) is 0 Å². The predicted octanol–water partition coefficient (Wildman–Crippen LogP) is 11.8. The average Bonchev–Trinajstić information content (AvgIpc) is 4.00. The topological polar surface area (TPSA) is 149 Å². The van der Waals surface area contributed by atoms with Crippen LogP contribution in [-0.4, -0.2) is 69.2 Å². The normalized spacial score (nSPS) is 14.7. The van der Waals surface area contributed by atoms with E-state index in [1.54, 1.807) is 13.8 Å². The molecule has 3 heterocycles. The maximum absolute atomic E-state index is 13.6. The van der Waals surface area contributed by atoms with Gasteiger partial charge in [-0.15, -0.1) is 0 Å². The van der Waals surface area contributed by atoms with E-state index < -0.39 is 17.7 Å². The lowest BCUT2D eigenvalue weighted by Gasteiger charge is -2.17. The van der Waals surface area contributed by atoms with Crippen LogP contribution in [-0.2, 0) is 41.8 Å². The molecule has 1 atom stereocenters. The molecular weight excluding hydrogens is 897 g/mol. The highest BCUT2D eigenvalue weighted by atomic mass is 16.7. The molecule has 1 unspecified atom stereocenters. The molecule has 6 aromatic carbocycles. The van der Waals surface area contributed by atoms with E-state index in [0.29, 0.717) is 52.6 Å². The maximum atomic E-state index is 13.6. The number of carbonyl (C=O) groups is 4. The highest BCUT2D eigenvalue weighted by Crippen LogP contribution is 2.34. The largest absolute Gasteiger partial charge is 0.491 e. The lowest BCUT2D eigenvalue weighted by Crippen LogP contribution is -2.25. The van der Waals surface area contributed by atoms with Crippen LogP contribution in [0, 0.1) is 13.8 Å². The third-order valence-corrected chi connectivity index (χ3v) is 12.7. The minimum absolute atomic E-state index is 0.0150. The molecule has 0 bridgehead atoms. The number of ketones is 2. The predicted molar refractivity (Wildman–Crippen MR) is 278 cm³/mol. The molecule has 0 N–H and O–H groups in total. The second-order valence-corrected chi connectivity index (χ2v) is 18.1. The zero-order chi connectivity index (χ0) is 50.7. The number of oxime groups is 2. The first kappa shape index (κ1) is 49.7. The molecule has 13 heteroatoms. The number of rotatable bonds is 13. The van der Waals surface area contributed by atoms with Gasteiger partial charge in [0.15, 0.2) is 17.4 Å². The second-order valence-electron chi connectivity index (χ2n) is 18.1. The third kappa shape index (κ3) is 10.6. The summed E-state index contributed by atoms with van der Waals surface area (Å²) in [7, 11) is 0. The van der Waals surface area contributed by atoms with Gasteiger partial charge in [0, 0.05) is 92.8 Å². The SMILES string of the molecule is CCn1c2ccc(C(=O)c3ccc(OCC4COC(C)(C)O4)cc3C)cc2c2cc(C(C)=NOC(C)=O)ccc21.CCn1c2ccc(C(=O)c3ccccc3C)cc2c2cc(C(C)=NOC(C)=O)ccc21. The van der Waals surface area contributed by atoms with Crippen molar-refractivity contribution >= 4 is 78.5 Å². The lowest BCUT2D eigenvalue weighted by atomic mass is 9.97. The van der Waals surface area contributed by atoms with E-state index in [1.807, 2.05) is 143 Å². The standard InChI is InChI=1S/C32H34N2O6.C26H24N2O3/c1-7-34-29-12-8-22(20(3)33-40-21(4)35)15-27(29)28-16-23(9-13-30(28)34)31(36)26-11-10-24(14-19(26)2)37-17-25-18-38-32(5,6)39-25;1-5-28-24-12-10-19(17(3)27-31-18(4)29)14-22(24)23-15-20(11-13-25(23)28)26(30)21-9-7-6-8-16(21)2/h8-16,25H,7,17-18H2,1-6H3;6-15H,5H2,1-4H3. The number of aryl methyl sites for hydroxylation is 4. The average molecular weight is 955 g/mol. The van der Waals surface area contributed by atoms with E-state index in [-0.39, 0.29) is 17.7 Å². The summed E-state index contributed by atoms with van der Waals surface area (Å²) in [6.07, 6.45) is -0.133. The zero-order valence-electron chi connectivity index (χ0n) is 41.8. The molecule has 13 nitrogen and oxygen atoms in total. The van der Waals surface area contributed by atoms with Crippen LogP contribution in [0.1, 0.15) is 109 Å². The van der Waals surface area contributed by atoms with E-state index in [4.69, 9.17) is 23.9 Å². The first-order chi connectivity index (χ1) is 34.0. The van der Waals surface area contributed by atoms with Crippen molar-refractivity contribution < 1.29 is 43.1 Å². The molecule has 0 spiro atoms. The first-order valence-corrected chi connectivity index (χ1v) is 23.7. The van der Waals surface area contributed by atoms with Crippen LogP contribution >= 0.6 is 0 Å². The van der Waals surface area contributed by atoms with Gasteiger partial charge in [0.25, 0.3) is 0 Å². The summed E-state index contributed by atoms with van der Waals surface area (Å²) in [4.78, 5) is 58.7. The Morgan fingerprint density at radius 1 is 0.577 bits per heavy atom. The fourth-order valence-electron chi connectivity index (χ4n) is 9.15. The number of carbonyl (C=O) groups excluding carboxylic acids is 4. The van der Waals surface area contributed by atoms with Crippen LogP contribution < -0.4 is 4.74 Å². The highest BCUT2D eigenvalue weighted by molar-refractivity contribution is 6.18. The molecule has 1 saturated heterocycles. The minimum atomic E-state index is -0.595. The van der Waals surface area contributed by atoms with Gasteiger partial charge >= 0.3 is 11.9 Å². The molecule has 1 fully saturated rings. The zero-order valence-corrected chi connectivity index (χ0v) is 41.8. The lowest BCUT2D eigenvalue weighted by molar-refractivity contribution is -0.141. The quantitative estimate of drug-likeness (QED) is 0.0476. The van der Waals surface area contributed by atoms with Gasteiger partial charge < -0.3 is 33.0 Å². The molecule has 2 aromatic heterocycles. The number of nitrogens with zero attached hydrogens (tertiary/aromatic N) is 4. The number of ether oxygens (including phenoxy) is 3. The van der Waals surface area contributed by atoms with Crippen molar-refractivity contribution in [2.45, 2.75) is 94.2 Å². The van der Waals surface area contributed by atoms with Gasteiger partial charge in [-0.1, -0.05) is 46.7 Å². The highest BCUT2D eigenvalue weighted by Gasteiger charge is 2.33. The molecule has 71 heavy (non-hydrogen) atoms. The summed E-state index contributed by atoms with van der Waals surface area (Å²) in [5.74, 6) is -0.877. The second kappa shape index (κ2) is 20.7. The third-order valence-electron chi connectivity index (χ3n) is 12.7. The molecule has 9 rings (SSSR count). The van der Waals surface area contributed by atoms with E-state index in [2.05, 4.69) is 33.3 Å². The van der Waals surface area contributed by atoms with Crippen molar-refractivity contribution in [3.05, 3.63) is 160 Å². The summed E-state index contributed by atoms with van der Waals surface area (Å²) >= 11 is 0. The number of benzene rings is 6. The Kier molecular flexibility index (Phi) is 14.5. The van der Waals surface area contributed by atoms with Crippen molar-refractivity contribution in [1.29, 1.82) is 0 Å². The molecular formula is C58H58N4O9. The van der Waals surface area contributed by atoms with Gasteiger partial charge in [0.05, 0.1) is 18.0 Å². The van der Waals surface area contributed by atoms with Crippen molar-refractivity contribution in [1.82, 2.24) is 9.13 Å². The number of fused-ring (bicyclic) bond motifs is 6. The monoisotopic (exact) mass is 954 g/mol. The van der Waals surface area contributed by atoms with E-state index >= 15 is 0 Å². The summed E-state index contributed by atoms with van der Waals surface area (Å²) < 4.78 is 21.8. The molecule has 0 aliphatic carbocycles. The molecule has 8 aromatic rings. The first-order valence-electron chi connectivity index (χ1n) is 23.7. The summed E-state index contributed by atoms with van der Waals surface area (Å²) in [5.41, 5.74) is 11.6. The molecule has 0 amide bonds. The van der Waals surface area contributed by atoms with Gasteiger partial charge in [-0.25, -0.2) is 9.59 Å². The van der Waals surface area contributed by atoms with E-state index in [0.717, 1.165) is 79.0 Å². The number of aromatic nitrogens is 2. The molecule has 1 aliphatic heterocycles. The van der Waals surface area contributed by atoms with Gasteiger partial charge in [-0.2, -0.15) is 0 Å². The van der Waals surface area contributed by atoms with E-state index in [1.165, 1.54) is 13.8 Å². The molecule has 364 valence electrons. The Labute approximate surface area is 412 Å². The Balaban J connectivity index is 0.000000197. The fraction of sp³-hybridized carbons (Fsp3) is 0.276. The van der Waals surface area contributed by atoms with Gasteiger partial charge in [-0.3, -0.25) is 9.59 Å². The fourth-order valence-corrected chi connectivity index (χ4v) is 9.15. The molecule has 0 radical (unpaired) electrons. The summed E-state index contributed by atoms with van der Waals surface area (Å²) in [6, 6.07) is 37.0. The van der Waals surface area contributed by atoms with Crippen LogP contribution in [0.3, 0.4) is 0 Å². The number of hydrogen-bond donors (Lipinski definition) is 0. The Hall–Kier alpha value is -7.74. The van der Waals surface area contributed by atoms with Gasteiger partial charge in [0.2, 0.25) is 0 Å². The number of hydrogen-bond acceptors (Lipinski definition) is 11. The van der Waals surface area contributed by atoms with Crippen LogP contribution in [0.15, 0.2) is 126 Å². The van der Waals surface area contributed by atoms with Crippen LogP contribution in [0.5, 0.6) is 5.75 Å². The summed E-state index contributed by atoms with van der Waals surface area (Å²) in [5, 5.41) is 11.9. The maximum Gasteiger partial charge on any atom is 0.331 e. The Bertz CT molecular complexity index is 3470.